The van der Waals surface area contributed by atoms with E-state index < -0.39 is 27.8 Å². The molecule has 0 spiro atoms. The van der Waals surface area contributed by atoms with Crippen LogP contribution in [0, 0.1) is 21.7 Å². The molecule has 3 rings (SSSR count). The van der Waals surface area contributed by atoms with Crippen molar-refractivity contribution in [1.29, 1.82) is 0 Å². The van der Waals surface area contributed by atoms with E-state index in [0.717, 1.165) is 5.76 Å². The van der Waals surface area contributed by atoms with E-state index in [1.54, 1.807) is 7.11 Å². The van der Waals surface area contributed by atoms with Crippen molar-refractivity contribution in [3.8, 4) is 5.75 Å². The highest BCUT2D eigenvalue weighted by Gasteiger charge is 2.67. The lowest BCUT2D eigenvalue weighted by Crippen LogP contribution is -2.67. The second-order valence-corrected chi connectivity index (χ2v) is 14.0. The number of fused-ring (bicyclic) bond motifs is 2. The van der Waals surface area contributed by atoms with Crippen LogP contribution in [0.15, 0.2) is 47.4 Å². The number of carbonyl (C=O) groups excluding carboxylic acids is 1. The molecule has 0 aromatic heterocycles. The molecule has 0 saturated carbocycles. The van der Waals surface area contributed by atoms with Crippen LogP contribution in [0.4, 0.5) is 5.69 Å². The van der Waals surface area contributed by atoms with Gasteiger partial charge in [0.1, 0.15) is 22.8 Å². The van der Waals surface area contributed by atoms with Gasteiger partial charge in [0.2, 0.25) is 5.79 Å². The van der Waals surface area contributed by atoms with Crippen LogP contribution in [-0.2, 0) is 19.0 Å². The summed E-state index contributed by atoms with van der Waals surface area (Å²) in [7, 11) is 1.61. The maximum absolute atomic E-state index is 14.2. The SMILES string of the molecule is COc1ccc(NC(=O)C2=C(C(C)(C)C)O[C@]3(C(C)(C)C)C=C(C(C)(C)C)O[C@@]2(C(C)(C)C)O3)cc1. The van der Waals surface area contributed by atoms with E-state index in [4.69, 9.17) is 18.9 Å². The molecule has 2 heterocycles. The summed E-state index contributed by atoms with van der Waals surface area (Å²) < 4.78 is 25.9. The average molecular weight is 500 g/mol. The Kier molecular flexibility index (Phi) is 6.67. The van der Waals surface area contributed by atoms with Crippen molar-refractivity contribution in [2.75, 3.05) is 12.4 Å². The van der Waals surface area contributed by atoms with Gasteiger partial charge in [-0.1, -0.05) is 83.1 Å². The summed E-state index contributed by atoms with van der Waals surface area (Å²) in [6.07, 6.45) is 1.97. The number of carbonyl (C=O) groups is 1. The summed E-state index contributed by atoms with van der Waals surface area (Å²) in [4.78, 5) is 14.2. The highest BCUT2D eigenvalue weighted by molar-refractivity contribution is 6.05. The number of ether oxygens (including phenoxy) is 4. The maximum atomic E-state index is 14.2. The number of rotatable bonds is 3. The number of nitrogens with one attached hydrogen (secondary N) is 1. The van der Waals surface area contributed by atoms with Gasteiger partial charge >= 0.3 is 0 Å². The largest absolute Gasteiger partial charge is 0.497 e. The molecule has 0 unspecified atom stereocenters. The Morgan fingerprint density at radius 1 is 0.806 bits per heavy atom. The van der Waals surface area contributed by atoms with Gasteiger partial charge in [-0.2, -0.15) is 0 Å². The Bertz CT molecular complexity index is 1070. The fourth-order valence-corrected chi connectivity index (χ4v) is 4.35. The van der Waals surface area contributed by atoms with Gasteiger partial charge in [-0.05, 0) is 24.3 Å². The first-order chi connectivity index (χ1) is 16.2. The van der Waals surface area contributed by atoms with Crippen molar-refractivity contribution >= 4 is 11.6 Å². The normalized spacial score (nSPS) is 25.0. The van der Waals surface area contributed by atoms with E-state index in [9.17, 15) is 4.79 Å². The molecule has 2 aliphatic rings. The Labute approximate surface area is 217 Å². The van der Waals surface area contributed by atoms with E-state index in [0.29, 0.717) is 22.8 Å². The van der Waals surface area contributed by atoms with Crippen LogP contribution >= 0.6 is 0 Å². The quantitative estimate of drug-likeness (QED) is 0.468. The van der Waals surface area contributed by atoms with E-state index in [1.807, 2.05) is 71.9 Å². The number of benzene rings is 1. The van der Waals surface area contributed by atoms with Crippen molar-refractivity contribution in [2.45, 2.75) is 94.7 Å². The minimum atomic E-state index is -1.39. The molecule has 2 aliphatic heterocycles. The smallest absolute Gasteiger partial charge is 0.261 e. The van der Waals surface area contributed by atoms with Gasteiger partial charge in [0.15, 0.2) is 0 Å². The van der Waals surface area contributed by atoms with Gasteiger partial charge in [-0.25, -0.2) is 0 Å². The maximum Gasteiger partial charge on any atom is 0.261 e. The van der Waals surface area contributed by atoms with Crippen LogP contribution in [0.2, 0.25) is 0 Å². The molecule has 1 aromatic carbocycles. The Hall–Kier alpha value is -2.47. The van der Waals surface area contributed by atoms with Crippen LogP contribution in [-0.4, -0.2) is 24.6 Å². The van der Waals surface area contributed by atoms with Gasteiger partial charge in [-0.3, -0.25) is 9.53 Å². The molecule has 1 aromatic rings. The molecular formula is C30H45NO5. The number of amides is 1. The average Bonchev–Trinajstić information content (AvgIpc) is 2.70. The summed E-state index contributed by atoms with van der Waals surface area (Å²) in [5, 5.41) is 3.06. The molecule has 1 amide bonds. The first-order valence-corrected chi connectivity index (χ1v) is 12.7. The molecule has 2 atom stereocenters. The molecule has 200 valence electrons. The van der Waals surface area contributed by atoms with Crippen molar-refractivity contribution in [3.05, 3.63) is 47.4 Å². The lowest BCUT2D eigenvalue weighted by molar-refractivity contribution is -0.398. The Morgan fingerprint density at radius 3 is 1.78 bits per heavy atom. The number of hydrogen-bond acceptors (Lipinski definition) is 5. The van der Waals surface area contributed by atoms with Crippen LogP contribution in [0.25, 0.3) is 0 Å². The molecule has 1 N–H and O–H groups in total. The molecule has 0 fully saturated rings. The van der Waals surface area contributed by atoms with Gasteiger partial charge < -0.3 is 19.5 Å². The fraction of sp³-hybridized carbons (Fsp3) is 0.633. The van der Waals surface area contributed by atoms with Gasteiger partial charge in [-0.15, -0.1) is 0 Å². The van der Waals surface area contributed by atoms with Crippen molar-refractivity contribution in [3.63, 3.8) is 0 Å². The topological polar surface area (TPSA) is 66.0 Å². The molecule has 36 heavy (non-hydrogen) atoms. The zero-order valence-corrected chi connectivity index (χ0v) is 24.4. The van der Waals surface area contributed by atoms with Crippen molar-refractivity contribution < 1.29 is 23.7 Å². The summed E-state index contributed by atoms with van der Waals surface area (Å²) in [6.45, 7) is 24.8. The summed E-state index contributed by atoms with van der Waals surface area (Å²) in [5.74, 6) is -0.834. The van der Waals surface area contributed by atoms with Crippen molar-refractivity contribution in [1.82, 2.24) is 0 Å². The standard InChI is InChI=1S/C30H45NO5/c1-25(2,3)21-18-29(27(7,8)9)35-23(26(4,5)6)22(30(34-21,36-29)28(10,11)12)24(32)31-19-14-16-20(33-13)17-15-19/h14-18H,1-13H3,(H,31,32)/t29-,30-/m1/s1. The fourth-order valence-electron chi connectivity index (χ4n) is 4.35. The summed E-state index contributed by atoms with van der Waals surface area (Å²) in [6, 6.07) is 7.24. The van der Waals surface area contributed by atoms with E-state index in [1.165, 1.54) is 0 Å². The summed E-state index contributed by atoms with van der Waals surface area (Å²) in [5.41, 5.74) is -0.926. The number of hydrogen-bond donors (Lipinski definition) is 1. The molecule has 6 heteroatoms. The van der Waals surface area contributed by atoms with Crippen LogP contribution in [0.3, 0.4) is 0 Å². The highest BCUT2D eigenvalue weighted by atomic mass is 16.8. The second-order valence-electron chi connectivity index (χ2n) is 14.0. The Balaban J connectivity index is 2.32. The minimum absolute atomic E-state index is 0.322. The van der Waals surface area contributed by atoms with E-state index in [-0.39, 0.29) is 11.3 Å². The predicted octanol–water partition coefficient (Wildman–Crippen LogP) is 7.43. The van der Waals surface area contributed by atoms with Crippen LogP contribution in [0.5, 0.6) is 5.75 Å². The lowest BCUT2D eigenvalue weighted by atomic mass is 9.71. The number of allylic oxidation sites excluding steroid dienone is 2. The van der Waals surface area contributed by atoms with E-state index in [2.05, 4.69) is 46.9 Å². The van der Waals surface area contributed by atoms with Crippen LogP contribution in [0.1, 0.15) is 83.1 Å². The molecule has 0 aliphatic carbocycles. The monoisotopic (exact) mass is 499 g/mol. The van der Waals surface area contributed by atoms with E-state index >= 15 is 0 Å². The number of anilines is 1. The van der Waals surface area contributed by atoms with Gasteiger partial charge in [0.25, 0.3) is 11.7 Å². The highest BCUT2D eigenvalue weighted by Crippen LogP contribution is 2.60. The van der Waals surface area contributed by atoms with Crippen molar-refractivity contribution in [2.24, 2.45) is 21.7 Å². The van der Waals surface area contributed by atoms with Gasteiger partial charge in [0, 0.05) is 33.4 Å². The Morgan fingerprint density at radius 2 is 1.36 bits per heavy atom. The zero-order valence-electron chi connectivity index (χ0n) is 24.4. The third kappa shape index (κ3) is 4.77. The molecule has 6 nitrogen and oxygen atoms in total. The first-order valence-electron chi connectivity index (χ1n) is 12.7. The summed E-state index contributed by atoms with van der Waals surface area (Å²) >= 11 is 0. The van der Waals surface area contributed by atoms with Gasteiger partial charge in [0.05, 0.1) is 7.11 Å². The first kappa shape index (κ1) is 28.1. The molecule has 0 saturated heterocycles. The lowest BCUT2D eigenvalue weighted by Gasteiger charge is -2.60. The molecular weight excluding hydrogens is 454 g/mol. The third-order valence-corrected chi connectivity index (χ3v) is 6.71. The minimum Gasteiger partial charge on any atom is -0.497 e. The van der Waals surface area contributed by atoms with Crippen LogP contribution < -0.4 is 10.1 Å². The zero-order chi connectivity index (χ0) is 27.5. The number of methoxy groups -OCH3 is 1. The predicted molar refractivity (Wildman–Crippen MR) is 143 cm³/mol. The molecule has 0 radical (unpaired) electrons. The third-order valence-electron chi connectivity index (χ3n) is 6.71. The second kappa shape index (κ2) is 8.54. The molecule has 2 bridgehead atoms.